The summed E-state index contributed by atoms with van der Waals surface area (Å²) in [5.41, 5.74) is 1.53. The number of aromatic hydroxyl groups is 1. The van der Waals surface area contributed by atoms with Crippen molar-refractivity contribution in [1.82, 2.24) is 4.98 Å². The van der Waals surface area contributed by atoms with Crippen LogP contribution in [-0.2, 0) is 10.0 Å². The molecule has 0 spiro atoms. The van der Waals surface area contributed by atoms with Gasteiger partial charge in [-0.15, -0.1) is 0 Å². The number of thiazole rings is 1. The number of nitrogens with zero attached hydrogens (tertiary/aromatic N) is 1. The van der Waals surface area contributed by atoms with Gasteiger partial charge in [-0.25, -0.2) is 22.6 Å². The van der Waals surface area contributed by atoms with Gasteiger partial charge in [-0.05, 0) is 53.6 Å². The number of phenols is 1. The molecule has 0 radical (unpaired) electrons. The number of benzene rings is 3. The number of nitrogens with one attached hydrogen (secondary N) is 1. The fraction of sp³-hybridized carbons (Fsp3) is 0. The number of rotatable bonds is 6. The lowest BCUT2D eigenvalue weighted by Crippen LogP contribution is -2.12. The lowest BCUT2D eigenvalue weighted by molar-refractivity contribution is 0.0693. The minimum Gasteiger partial charge on any atom is -0.507 e. The summed E-state index contributed by atoms with van der Waals surface area (Å²) >= 11 is 1.03. The number of sulfonamides is 1. The third kappa shape index (κ3) is 4.61. The standard InChI is InChI=1S/C22H15FN2O5S2/c23-15-6-9-18-20(12-15)31-22(24-18)25-32(29,30)16-7-3-13(4-8-16)1-2-14-5-10-19(26)17(11-14)21(27)28/h1-12,26H,(H,24,25)(H,27,28). The highest BCUT2D eigenvalue weighted by atomic mass is 32.2. The Labute approximate surface area is 186 Å². The normalized spacial score (nSPS) is 11.8. The third-order valence-corrected chi connectivity index (χ3v) is 6.90. The van der Waals surface area contributed by atoms with E-state index in [1.165, 1.54) is 42.5 Å². The van der Waals surface area contributed by atoms with Gasteiger partial charge in [-0.3, -0.25) is 4.72 Å². The molecule has 0 aliphatic rings. The van der Waals surface area contributed by atoms with Crippen LogP contribution in [0.2, 0.25) is 0 Å². The largest absolute Gasteiger partial charge is 0.507 e. The zero-order valence-corrected chi connectivity index (χ0v) is 17.8. The van der Waals surface area contributed by atoms with Gasteiger partial charge < -0.3 is 10.2 Å². The first kappa shape index (κ1) is 21.5. The summed E-state index contributed by atoms with van der Waals surface area (Å²) in [5.74, 6) is -1.99. The highest BCUT2D eigenvalue weighted by molar-refractivity contribution is 7.93. The fourth-order valence-corrected chi connectivity index (χ4v) is 5.02. The Hall–Kier alpha value is -3.76. The van der Waals surface area contributed by atoms with E-state index in [4.69, 9.17) is 5.11 Å². The van der Waals surface area contributed by atoms with Crippen molar-refractivity contribution in [2.75, 3.05) is 4.72 Å². The molecular formula is C22H15FN2O5S2. The molecule has 0 fully saturated rings. The summed E-state index contributed by atoms with van der Waals surface area (Å²) in [4.78, 5) is 15.3. The van der Waals surface area contributed by atoms with Crippen LogP contribution in [0.15, 0.2) is 65.6 Å². The predicted octanol–water partition coefficient (Wildman–Crippen LogP) is 4.81. The topological polar surface area (TPSA) is 117 Å². The second kappa shape index (κ2) is 8.40. The van der Waals surface area contributed by atoms with Crippen LogP contribution in [-0.4, -0.2) is 29.6 Å². The first-order valence-corrected chi connectivity index (χ1v) is 11.4. The predicted molar refractivity (Wildman–Crippen MR) is 121 cm³/mol. The average Bonchev–Trinajstić information content (AvgIpc) is 3.13. The second-order valence-electron chi connectivity index (χ2n) is 6.72. The summed E-state index contributed by atoms with van der Waals surface area (Å²) in [5, 5.41) is 18.8. The lowest BCUT2D eigenvalue weighted by atomic mass is 10.1. The lowest BCUT2D eigenvalue weighted by Gasteiger charge is -2.05. The van der Waals surface area contributed by atoms with Crippen LogP contribution in [0.3, 0.4) is 0 Å². The monoisotopic (exact) mass is 470 g/mol. The van der Waals surface area contributed by atoms with Crippen molar-refractivity contribution in [3.8, 4) is 5.75 Å². The van der Waals surface area contributed by atoms with Gasteiger partial charge >= 0.3 is 5.97 Å². The first-order chi connectivity index (χ1) is 15.2. The van der Waals surface area contributed by atoms with Crippen molar-refractivity contribution in [1.29, 1.82) is 0 Å². The Bertz CT molecular complexity index is 1460. The third-order valence-electron chi connectivity index (χ3n) is 4.48. The van der Waals surface area contributed by atoms with Gasteiger partial charge in [0.05, 0.1) is 15.1 Å². The molecule has 32 heavy (non-hydrogen) atoms. The van der Waals surface area contributed by atoms with E-state index in [-0.39, 0.29) is 21.3 Å². The SMILES string of the molecule is O=C(O)c1cc(C=Cc2ccc(S(=O)(=O)Nc3nc4ccc(F)cc4s3)cc2)ccc1O. The van der Waals surface area contributed by atoms with Gasteiger partial charge in [0, 0.05) is 0 Å². The highest BCUT2D eigenvalue weighted by Crippen LogP contribution is 2.28. The van der Waals surface area contributed by atoms with Crippen molar-refractivity contribution >= 4 is 54.8 Å². The minimum absolute atomic E-state index is 0.0258. The molecule has 0 saturated carbocycles. The molecule has 3 N–H and O–H groups in total. The number of fused-ring (bicyclic) bond motifs is 1. The molecule has 7 nitrogen and oxygen atoms in total. The zero-order chi connectivity index (χ0) is 22.9. The number of aromatic carboxylic acids is 1. The number of carboxylic acid groups (broad SMARTS) is 1. The Morgan fingerprint density at radius 2 is 1.69 bits per heavy atom. The molecule has 10 heteroatoms. The summed E-state index contributed by atoms with van der Waals surface area (Å²) in [6.07, 6.45) is 3.33. The minimum atomic E-state index is -3.89. The van der Waals surface area contributed by atoms with Crippen LogP contribution in [0.25, 0.3) is 22.4 Å². The van der Waals surface area contributed by atoms with E-state index in [9.17, 15) is 22.7 Å². The van der Waals surface area contributed by atoms with Gasteiger partial charge in [0.25, 0.3) is 10.0 Å². The van der Waals surface area contributed by atoms with Crippen LogP contribution in [0.1, 0.15) is 21.5 Å². The molecule has 3 aromatic carbocycles. The summed E-state index contributed by atoms with van der Waals surface area (Å²) < 4.78 is 41.6. The van der Waals surface area contributed by atoms with Gasteiger partial charge in [-0.2, -0.15) is 0 Å². The second-order valence-corrected chi connectivity index (χ2v) is 9.43. The Morgan fingerprint density at radius 1 is 1.00 bits per heavy atom. The number of aromatic nitrogens is 1. The number of anilines is 1. The van der Waals surface area contributed by atoms with Crippen LogP contribution in [0.5, 0.6) is 5.75 Å². The van der Waals surface area contributed by atoms with Crippen molar-refractivity contribution in [3.63, 3.8) is 0 Å². The zero-order valence-electron chi connectivity index (χ0n) is 16.2. The van der Waals surface area contributed by atoms with E-state index in [1.807, 2.05) is 0 Å². The van der Waals surface area contributed by atoms with Crippen LogP contribution in [0, 0.1) is 5.82 Å². The van der Waals surface area contributed by atoms with Crippen LogP contribution >= 0.6 is 11.3 Å². The molecule has 4 aromatic rings. The number of hydrogen-bond acceptors (Lipinski definition) is 6. The number of halogens is 1. The molecule has 0 atom stereocenters. The maximum Gasteiger partial charge on any atom is 0.339 e. The molecule has 1 aromatic heterocycles. The molecule has 1 heterocycles. The molecule has 0 aliphatic heterocycles. The number of carboxylic acids is 1. The highest BCUT2D eigenvalue weighted by Gasteiger charge is 2.16. The Morgan fingerprint density at radius 3 is 2.41 bits per heavy atom. The molecule has 162 valence electrons. The van der Waals surface area contributed by atoms with E-state index < -0.39 is 21.8 Å². The number of carbonyl (C=O) groups is 1. The molecule has 0 amide bonds. The smallest absolute Gasteiger partial charge is 0.339 e. The van der Waals surface area contributed by atoms with E-state index >= 15 is 0 Å². The van der Waals surface area contributed by atoms with Crippen molar-refractivity contribution in [3.05, 3.63) is 83.2 Å². The summed E-state index contributed by atoms with van der Waals surface area (Å²) in [6.45, 7) is 0. The van der Waals surface area contributed by atoms with Gasteiger partial charge in [-0.1, -0.05) is 41.7 Å². The van der Waals surface area contributed by atoms with E-state index in [1.54, 1.807) is 30.4 Å². The first-order valence-electron chi connectivity index (χ1n) is 9.15. The molecule has 4 rings (SSSR count). The van der Waals surface area contributed by atoms with Gasteiger partial charge in [0.15, 0.2) is 5.13 Å². The van der Waals surface area contributed by atoms with Crippen LogP contribution in [0.4, 0.5) is 9.52 Å². The molecule has 0 unspecified atom stereocenters. The molecule has 0 aliphatic carbocycles. The van der Waals surface area contributed by atoms with Crippen LogP contribution < -0.4 is 4.72 Å². The summed E-state index contributed by atoms with van der Waals surface area (Å²) in [6, 6.07) is 14.3. The van der Waals surface area contributed by atoms with E-state index in [0.717, 1.165) is 11.3 Å². The van der Waals surface area contributed by atoms with Crippen molar-refractivity contribution < 1.29 is 27.8 Å². The molecule has 0 bridgehead atoms. The number of hydrogen-bond donors (Lipinski definition) is 3. The maximum atomic E-state index is 13.3. The van der Waals surface area contributed by atoms with E-state index in [0.29, 0.717) is 21.3 Å². The molecule has 0 saturated heterocycles. The average molecular weight is 471 g/mol. The van der Waals surface area contributed by atoms with Crippen molar-refractivity contribution in [2.45, 2.75) is 4.90 Å². The fourth-order valence-electron chi connectivity index (χ4n) is 2.90. The maximum absolute atomic E-state index is 13.3. The molecular weight excluding hydrogens is 455 g/mol. The van der Waals surface area contributed by atoms with Crippen molar-refractivity contribution in [2.24, 2.45) is 0 Å². The van der Waals surface area contributed by atoms with Gasteiger partial charge in [0.1, 0.15) is 17.1 Å². The van der Waals surface area contributed by atoms with E-state index in [2.05, 4.69) is 9.71 Å². The summed E-state index contributed by atoms with van der Waals surface area (Å²) in [7, 11) is -3.89. The Kier molecular flexibility index (Phi) is 5.64. The quantitative estimate of drug-likeness (QED) is 0.348. The van der Waals surface area contributed by atoms with Gasteiger partial charge in [0.2, 0.25) is 0 Å². The Balaban J connectivity index is 1.51.